The molecule has 0 radical (unpaired) electrons. The van der Waals surface area contributed by atoms with Crippen LogP contribution < -0.4 is 4.74 Å². The number of nitrogens with zero attached hydrogens (tertiary/aromatic N) is 3. The highest BCUT2D eigenvalue weighted by molar-refractivity contribution is 6.30. The van der Waals surface area contributed by atoms with Gasteiger partial charge in [-0.05, 0) is 70.6 Å². The summed E-state index contributed by atoms with van der Waals surface area (Å²) in [6, 6.07) is 26.0. The van der Waals surface area contributed by atoms with Crippen LogP contribution in [0.1, 0.15) is 37.6 Å². The highest BCUT2D eigenvalue weighted by atomic mass is 35.5. The molecule has 2 heterocycles. The number of halogens is 1. The zero-order chi connectivity index (χ0) is 24.4. The van der Waals surface area contributed by atoms with E-state index >= 15 is 0 Å². The first-order chi connectivity index (χ1) is 16.9. The molecule has 0 aliphatic carbocycles. The van der Waals surface area contributed by atoms with Crippen molar-refractivity contribution in [1.29, 1.82) is 0 Å². The Kier molecular flexibility index (Phi) is 6.14. The molecule has 5 aromatic rings. The largest absolute Gasteiger partial charge is 0.457 e. The Bertz CT molecular complexity index is 1490. The van der Waals surface area contributed by atoms with Gasteiger partial charge in [0, 0.05) is 16.8 Å². The first-order valence-electron chi connectivity index (χ1n) is 11.5. The summed E-state index contributed by atoms with van der Waals surface area (Å²) in [5.41, 5.74) is 6.14. The lowest BCUT2D eigenvalue weighted by Crippen LogP contribution is -2.10. The van der Waals surface area contributed by atoms with Crippen LogP contribution in [0.25, 0.3) is 28.9 Å². The Morgan fingerprint density at radius 1 is 0.857 bits per heavy atom. The van der Waals surface area contributed by atoms with Crippen LogP contribution in [0.3, 0.4) is 0 Å². The molecule has 0 N–H and O–H groups in total. The molecule has 35 heavy (non-hydrogen) atoms. The quantitative estimate of drug-likeness (QED) is 0.254. The van der Waals surface area contributed by atoms with Crippen molar-refractivity contribution in [2.45, 2.75) is 26.2 Å². The molecular weight excluding hydrogens is 454 g/mol. The molecule has 3 aromatic carbocycles. The summed E-state index contributed by atoms with van der Waals surface area (Å²) >= 11 is 6.04. The van der Waals surface area contributed by atoms with E-state index in [-0.39, 0.29) is 5.41 Å². The molecule has 0 spiro atoms. The third-order valence-electron chi connectivity index (χ3n) is 5.85. The number of rotatable bonds is 5. The highest BCUT2D eigenvalue weighted by Gasteiger charge is 2.13. The van der Waals surface area contributed by atoms with Crippen molar-refractivity contribution < 1.29 is 4.74 Å². The van der Waals surface area contributed by atoms with Crippen LogP contribution in [0.4, 0.5) is 0 Å². The second-order valence-corrected chi connectivity index (χ2v) is 9.89. The van der Waals surface area contributed by atoms with Crippen LogP contribution in [-0.2, 0) is 5.41 Å². The van der Waals surface area contributed by atoms with Gasteiger partial charge in [-0.1, -0.05) is 74.8 Å². The molecule has 0 atom stereocenters. The first-order valence-corrected chi connectivity index (χ1v) is 11.9. The van der Waals surface area contributed by atoms with E-state index in [1.165, 1.54) is 5.56 Å². The maximum atomic E-state index is 6.10. The van der Waals surface area contributed by atoms with Gasteiger partial charge in [0.25, 0.3) is 0 Å². The smallest absolute Gasteiger partial charge is 0.163 e. The molecule has 0 fully saturated rings. The van der Waals surface area contributed by atoms with Crippen LogP contribution >= 0.6 is 11.6 Å². The highest BCUT2D eigenvalue weighted by Crippen LogP contribution is 2.28. The van der Waals surface area contributed by atoms with Gasteiger partial charge < -0.3 is 4.74 Å². The van der Waals surface area contributed by atoms with Crippen molar-refractivity contribution >= 4 is 29.4 Å². The van der Waals surface area contributed by atoms with E-state index in [9.17, 15) is 0 Å². The number of aromatic nitrogens is 3. The van der Waals surface area contributed by atoms with Crippen LogP contribution in [0.15, 0.2) is 91.3 Å². The Hall–Kier alpha value is -3.89. The predicted octanol–water partition coefficient (Wildman–Crippen LogP) is 8.31. The van der Waals surface area contributed by atoms with Gasteiger partial charge in [-0.3, -0.25) is 0 Å². The molecule has 5 heteroatoms. The number of ether oxygens (including phenoxy) is 1. The average molecular weight is 480 g/mol. The maximum absolute atomic E-state index is 6.10. The van der Waals surface area contributed by atoms with E-state index in [2.05, 4.69) is 43.0 Å². The second kappa shape index (κ2) is 9.40. The number of benzene rings is 3. The van der Waals surface area contributed by atoms with Gasteiger partial charge in [0.05, 0.1) is 11.9 Å². The van der Waals surface area contributed by atoms with E-state index in [4.69, 9.17) is 16.3 Å². The van der Waals surface area contributed by atoms with Crippen molar-refractivity contribution in [1.82, 2.24) is 14.6 Å². The Balaban J connectivity index is 1.37. The molecule has 0 saturated heterocycles. The summed E-state index contributed by atoms with van der Waals surface area (Å²) in [5.74, 6) is 1.61. The molecule has 4 nitrogen and oxygen atoms in total. The first kappa shape index (κ1) is 22.9. The van der Waals surface area contributed by atoms with Crippen LogP contribution in [0.2, 0.25) is 5.02 Å². The fourth-order valence-electron chi connectivity index (χ4n) is 3.89. The second-order valence-electron chi connectivity index (χ2n) is 9.45. The lowest BCUT2D eigenvalue weighted by molar-refractivity contribution is 0.481. The molecule has 0 amide bonds. The van der Waals surface area contributed by atoms with Gasteiger partial charge in [0.2, 0.25) is 0 Å². The molecule has 0 aliphatic rings. The molecular formula is C30H26ClN3O. The molecule has 0 unspecified atom stereocenters. The van der Waals surface area contributed by atoms with Gasteiger partial charge >= 0.3 is 0 Å². The van der Waals surface area contributed by atoms with E-state index < -0.39 is 0 Å². The normalized spacial score (nSPS) is 11.9. The van der Waals surface area contributed by atoms with Crippen molar-refractivity contribution in [2.24, 2.45) is 0 Å². The topological polar surface area (TPSA) is 39.4 Å². The summed E-state index contributed by atoms with van der Waals surface area (Å²) in [6.07, 6.45) is 7.72. The molecule has 5 rings (SSSR count). The van der Waals surface area contributed by atoms with E-state index in [0.29, 0.717) is 5.02 Å². The minimum atomic E-state index is 0.117. The Morgan fingerprint density at radius 2 is 1.63 bits per heavy atom. The van der Waals surface area contributed by atoms with Crippen LogP contribution in [-0.4, -0.2) is 14.6 Å². The molecule has 174 valence electrons. The predicted molar refractivity (Wildman–Crippen MR) is 144 cm³/mol. The van der Waals surface area contributed by atoms with E-state index in [1.807, 2.05) is 89.6 Å². The zero-order valence-electron chi connectivity index (χ0n) is 19.9. The maximum Gasteiger partial charge on any atom is 0.163 e. The molecule has 0 saturated carbocycles. The Morgan fingerprint density at radius 3 is 2.37 bits per heavy atom. The number of hydrogen-bond donors (Lipinski definition) is 0. The van der Waals surface area contributed by atoms with Crippen LogP contribution in [0, 0.1) is 0 Å². The van der Waals surface area contributed by atoms with E-state index in [0.717, 1.165) is 39.5 Å². The minimum Gasteiger partial charge on any atom is -0.457 e. The fraction of sp³-hybridized carbons (Fsp3) is 0.133. The fourth-order valence-corrected chi connectivity index (χ4v) is 4.02. The van der Waals surface area contributed by atoms with Crippen molar-refractivity contribution in [3.05, 3.63) is 113 Å². The summed E-state index contributed by atoms with van der Waals surface area (Å²) < 4.78 is 7.94. The number of hydrogen-bond acceptors (Lipinski definition) is 3. The summed E-state index contributed by atoms with van der Waals surface area (Å²) in [5, 5.41) is 5.28. The molecule has 0 aliphatic heterocycles. The minimum absolute atomic E-state index is 0.117. The van der Waals surface area contributed by atoms with Gasteiger partial charge in [-0.15, -0.1) is 0 Å². The van der Waals surface area contributed by atoms with Crippen LogP contribution in [0.5, 0.6) is 11.5 Å². The lowest BCUT2D eigenvalue weighted by Gasteiger charge is -2.19. The summed E-state index contributed by atoms with van der Waals surface area (Å²) in [7, 11) is 0. The van der Waals surface area contributed by atoms with Gasteiger partial charge in [0.15, 0.2) is 5.65 Å². The SMILES string of the molecule is CC(C)(C)c1ccc(Oc2cccc(C=Cc3ccnc4c(-c5ccc(Cl)cc5)cnn34)c2)cc1. The van der Waals surface area contributed by atoms with Crippen molar-refractivity contribution in [2.75, 3.05) is 0 Å². The van der Waals surface area contributed by atoms with Gasteiger partial charge in [-0.2, -0.15) is 5.10 Å². The van der Waals surface area contributed by atoms with Gasteiger partial charge in [-0.25, -0.2) is 9.50 Å². The average Bonchev–Trinajstić information content (AvgIpc) is 3.28. The lowest BCUT2D eigenvalue weighted by atomic mass is 9.87. The zero-order valence-corrected chi connectivity index (χ0v) is 20.7. The Labute approximate surface area is 210 Å². The summed E-state index contributed by atoms with van der Waals surface area (Å²) in [4.78, 5) is 4.55. The van der Waals surface area contributed by atoms with Crippen molar-refractivity contribution in [3.8, 4) is 22.6 Å². The third kappa shape index (κ3) is 5.13. The molecule has 0 bridgehead atoms. The summed E-state index contributed by atoms with van der Waals surface area (Å²) in [6.45, 7) is 6.62. The molecule has 2 aromatic heterocycles. The number of fused-ring (bicyclic) bond motifs is 1. The standard InChI is InChI=1S/C30H26ClN3O/c1-30(2,3)23-10-15-26(16-11-23)35-27-6-4-5-21(19-27)7-14-25-17-18-32-29-28(20-33-34(25)29)22-8-12-24(31)13-9-22/h4-20H,1-3H3. The van der Waals surface area contributed by atoms with Crippen molar-refractivity contribution in [3.63, 3.8) is 0 Å². The third-order valence-corrected chi connectivity index (χ3v) is 6.10. The van der Waals surface area contributed by atoms with E-state index in [1.54, 1.807) is 6.20 Å². The monoisotopic (exact) mass is 479 g/mol. The van der Waals surface area contributed by atoms with Gasteiger partial charge in [0.1, 0.15) is 11.5 Å².